The van der Waals surface area contributed by atoms with Gasteiger partial charge in [-0.3, -0.25) is 9.48 Å². The minimum absolute atomic E-state index is 0.0682. The van der Waals surface area contributed by atoms with Crippen LogP contribution < -0.4 is 9.64 Å². The highest BCUT2D eigenvalue weighted by Crippen LogP contribution is 2.48. The number of amides is 1. The van der Waals surface area contributed by atoms with Crippen LogP contribution in [0.25, 0.3) is 11.2 Å². The zero-order valence-electron chi connectivity index (χ0n) is 18.5. The molecule has 1 aliphatic carbocycles. The molecule has 3 fully saturated rings. The number of aromatic amines is 1. The minimum Gasteiger partial charge on any atom is -0.493 e. The molecule has 2 saturated heterocycles. The molecule has 32 heavy (non-hydrogen) atoms. The number of carbonyl (C=O) groups is 1. The Balaban J connectivity index is 1.24. The summed E-state index contributed by atoms with van der Waals surface area (Å²) in [6.07, 6.45) is 9.87. The third kappa shape index (κ3) is 3.22. The van der Waals surface area contributed by atoms with E-state index in [1.807, 2.05) is 21.8 Å². The molecule has 6 rings (SSSR count). The van der Waals surface area contributed by atoms with Crippen molar-refractivity contribution in [2.24, 2.45) is 5.92 Å². The SMILES string of the molecule is COc1cnn(C2(c3nc4nc(N5CCCC(C(=O)N6CCCC6)C5)ccc4[nH]3)CC2)c1. The van der Waals surface area contributed by atoms with Crippen molar-refractivity contribution in [2.45, 2.75) is 44.1 Å². The summed E-state index contributed by atoms with van der Waals surface area (Å²) in [5, 5.41) is 4.48. The lowest BCUT2D eigenvalue weighted by Crippen LogP contribution is -2.44. The Hall–Kier alpha value is -3.10. The number of nitrogens with one attached hydrogen (secondary N) is 1. The van der Waals surface area contributed by atoms with Crippen LogP contribution in [-0.4, -0.2) is 68.8 Å². The molecule has 1 saturated carbocycles. The summed E-state index contributed by atoms with van der Waals surface area (Å²) in [5.74, 6) is 2.93. The van der Waals surface area contributed by atoms with Crippen LogP contribution in [0, 0.1) is 5.92 Å². The van der Waals surface area contributed by atoms with Crippen LogP contribution in [0.3, 0.4) is 0 Å². The van der Waals surface area contributed by atoms with Crippen LogP contribution >= 0.6 is 0 Å². The second-order valence-corrected chi connectivity index (χ2v) is 9.30. The van der Waals surface area contributed by atoms with Crippen molar-refractivity contribution in [3.8, 4) is 5.75 Å². The topological polar surface area (TPSA) is 92.2 Å². The molecule has 0 radical (unpaired) electrons. The van der Waals surface area contributed by atoms with E-state index in [4.69, 9.17) is 14.7 Å². The predicted octanol–water partition coefficient (Wildman–Crippen LogP) is 2.54. The first-order valence-corrected chi connectivity index (χ1v) is 11.7. The van der Waals surface area contributed by atoms with E-state index in [0.29, 0.717) is 5.91 Å². The fourth-order valence-corrected chi connectivity index (χ4v) is 5.20. The number of methoxy groups -OCH3 is 1. The lowest BCUT2D eigenvalue weighted by molar-refractivity contribution is -0.134. The summed E-state index contributed by atoms with van der Waals surface area (Å²) in [7, 11) is 1.65. The van der Waals surface area contributed by atoms with Gasteiger partial charge in [0, 0.05) is 26.2 Å². The van der Waals surface area contributed by atoms with Gasteiger partial charge < -0.3 is 19.5 Å². The fraction of sp³-hybridized carbons (Fsp3) is 0.565. The highest BCUT2D eigenvalue weighted by atomic mass is 16.5. The summed E-state index contributed by atoms with van der Waals surface area (Å²) < 4.78 is 7.24. The summed E-state index contributed by atoms with van der Waals surface area (Å²) in [6.45, 7) is 3.50. The van der Waals surface area contributed by atoms with E-state index in [1.54, 1.807) is 13.3 Å². The predicted molar refractivity (Wildman–Crippen MR) is 120 cm³/mol. The number of H-pyrrole nitrogens is 1. The largest absolute Gasteiger partial charge is 0.493 e. The van der Waals surface area contributed by atoms with Crippen molar-refractivity contribution < 1.29 is 9.53 Å². The molecule has 1 atom stereocenters. The number of ether oxygens (including phenoxy) is 1. The van der Waals surface area contributed by atoms with Crippen molar-refractivity contribution >= 4 is 22.9 Å². The summed E-state index contributed by atoms with van der Waals surface area (Å²) in [6, 6.07) is 4.10. The molecule has 3 aliphatic rings. The van der Waals surface area contributed by atoms with Gasteiger partial charge in [-0.25, -0.2) is 9.97 Å². The molecule has 1 amide bonds. The Kier molecular flexibility index (Phi) is 4.58. The molecular formula is C23H29N7O2. The molecule has 2 aliphatic heterocycles. The van der Waals surface area contributed by atoms with E-state index >= 15 is 0 Å². The van der Waals surface area contributed by atoms with Crippen molar-refractivity contribution in [3.05, 3.63) is 30.4 Å². The van der Waals surface area contributed by atoms with E-state index in [9.17, 15) is 4.79 Å². The van der Waals surface area contributed by atoms with E-state index in [0.717, 1.165) is 93.3 Å². The van der Waals surface area contributed by atoms with Crippen LogP contribution in [0.5, 0.6) is 5.75 Å². The standard InChI is InChI=1S/C23H29N7O2/c1-32-17-13-24-30(15-17)23(8-9-23)22-25-18-6-7-19(26-20(18)27-22)29-12-4-5-16(14-29)21(31)28-10-2-3-11-28/h6-7,13,15-16H,2-5,8-12,14H2,1H3,(H,25,26,27). The van der Waals surface area contributed by atoms with E-state index in [1.165, 1.54) is 0 Å². The van der Waals surface area contributed by atoms with Gasteiger partial charge in [-0.2, -0.15) is 5.10 Å². The van der Waals surface area contributed by atoms with E-state index in [2.05, 4.69) is 21.0 Å². The molecule has 9 heteroatoms. The van der Waals surface area contributed by atoms with Crippen molar-refractivity contribution in [1.82, 2.24) is 29.6 Å². The number of fused-ring (bicyclic) bond motifs is 1. The number of pyridine rings is 1. The molecule has 1 unspecified atom stereocenters. The number of likely N-dealkylation sites (tertiary alicyclic amines) is 1. The first-order valence-electron chi connectivity index (χ1n) is 11.7. The monoisotopic (exact) mass is 435 g/mol. The summed E-state index contributed by atoms with van der Waals surface area (Å²) in [4.78, 5) is 30.4. The minimum atomic E-state index is -0.240. The number of piperidine rings is 1. The molecule has 3 aromatic rings. The van der Waals surface area contributed by atoms with Gasteiger partial charge in [-0.15, -0.1) is 0 Å². The van der Waals surface area contributed by atoms with Gasteiger partial charge in [0.15, 0.2) is 11.4 Å². The summed E-state index contributed by atoms with van der Waals surface area (Å²) >= 11 is 0. The van der Waals surface area contributed by atoms with Crippen LogP contribution in [0.4, 0.5) is 5.82 Å². The Labute approximate surface area is 186 Å². The van der Waals surface area contributed by atoms with Gasteiger partial charge in [-0.1, -0.05) is 0 Å². The number of aromatic nitrogens is 5. The average Bonchev–Trinajstić information content (AvgIpc) is 3.25. The number of hydrogen-bond donors (Lipinski definition) is 1. The molecule has 5 heterocycles. The van der Waals surface area contributed by atoms with Crippen LogP contribution in [0.2, 0.25) is 0 Å². The first kappa shape index (κ1) is 19.6. The normalized spacial score (nSPS) is 22.5. The Morgan fingerprint density at radius 2 is 2.00 bits per heavy atom. The Bertz CT molecular complexity index is 1140. The second-order valence-electron chi connectivity index (χ2n) is 9.30. The van der Waals surface area contributed by atoms with Gasteiger partial charge in [0.25, 0.3) is 0 Å². The van der Waals surface area contributed by atoms with Gasteiger partial charge in [0.1, 0.15) is 17.2 Å². The molecule has 9 nitrogen and oxygen atoms in total. The number of rotatable bonds is 5. The van der Waals surface area contributed by atoms with Crippen molar-refractivity contribution in [2.75, 3.05) is 38.2 Å². The quantitative estimate of drug-likeness (QED) is 0.662. The third-order valence-corrected chi connectivity index (χ3v) is 7.24. The fourth-order valence-electron chi connectivity index (χ4n) is 5.20. The van der Waals surface area contributed by atoms with Gasteiger partial charge >= 0.3 is 0 Å². The maximum atomic E-state index is 12.9. The highest BCUT2D eigenvalue weighted by molar-refractivity contribution is 5.80. The smallest absolute Gasteiger partial charge is 0.227 e. The number of imidazole rings is 1. The molecule has 3 aromatic heterocycles. The lowest BCUT2D eigenvalue weighted by Gasteiger charge is -2.34. The molecular weight excluding hydrogens is 406 g/mol. The Morgan fingerprint density at radius 3 is 2.75 bits per heavy atom. The maximum Gasteiger partial charge on any atom is 0.227 e. The van der Waals surface area contributed by atoms with Gasteiger partial charge in [-0.05, 0) is 50.7 Å². The average molecular weight is 436 g/mol. The molecule has 168 valence electrons. The number of carbonyl (C=O) groups excluding carboxylic acids is 1. The molecule has 0 aromatic carbocycles. The van der Waals surface area contributed by atoms with Crippen molar-refractivity contribution in [3.63, 3.8) is 0 Å². The van der Waals surface area contributed by atoms with Gasteiger partial charge in [0.05, 0.1) is 30.9 Å². The van der Waals surface area contributed by atoms with Crippen molar-refractivity contribution in [1.29, 1.82) is 0 Å². The van der Waals surface area contributed by atoms with Crippen LogP contribution in [0.15, 0.2) is 24.5 Å². The molecule has 0 bridgehead atoms. The zero-order valence-corrected chi connectivity index (χ0v) is 18.5. The van der Waals surface area contributed by atoms with E-state index < -0.39 is 0 Å². The van der Waals surface area contributed by atoms with E-state index in [-0.39, 0.29) is 11.5 Å². The maximum absolute atomic E-state index is 12.9. The first-order chi connectivity index (χ1) is 15.7. The highest BCUT2D eigenvalue weighted by Gasteiger charge is 2.50. The zero-order chi connectivity index (χ0) is 21.7. The number of hydrogen-bond acceptors (Lipinski definition) is 6. The number of nitrogens with zero attached hydrogens (tertiary/aromatic N) is 6. The Morgan fingerprint density at radius 1 is 1.16 bits per heavy atom. The molecule has 1 N–H and O–H groups in total. The molecule has 0 spiro atoms. The van der Waals surface area contributed by atoms with Gasteiger partial charge in [0.2, 0.25) is 5.91 Å². The summed E-state index contributed by atoms with van der Waals surface area (Å²) in [5.41, 5.74) is 1.41. The van der Waals surface area contributed by atoms with Crippen LogP contribution in [0.1, 0.15) is 44.3 Å². The number of anilines is 1. The van der Waals surface area contributed by atoms with Crippen LogP contribution in [-0.2, 0) is 10.3 Å². The second kappa shape index (κ2) is 7.50. The lowest BCUT2D eigenvalue weighted by atomic mass is 9.96. The third-order valence-electron chi connectivity index (χ3n) is 7.24.